The first-order valence-electron chi connectivity index (χ1n) is 10.5. The fourth-order valence-corrected chi connectivity index (χ4v) is 3.75. The Labute approximate surface area is 191 Å². The lowest BCUT2D eigenvalue weighted by molar-refractivity contribution is -0.384. The quantitative estimate of drug-likeness (QED) is 0.153. The van der Waals surface area contributed by atoms with E-state index in [0.29, 0.717) is 24.3 Å². The number of carbonyl (C=O) groups excluding carboxylic acids is 2. The van der Waals surface area contributed by atoms with Crippen molar-refractivity contribution in [2.75, 3.05) is 20.3 Å². The Hall–Kier alpha value is -3.72. The number of hydrogen-bond donors (Lipinski definition) is 1. The van der Waals surface area contributed by atoms with Crippen LogP contribution in [0.3, 0.4) is 0 Å². The number of ether oxygens (including phenoxy) is 2. The summed E-state index contributed by atoms with van der Waals surface area (Å²) in [5.74, 6) is -1.54. The van der Waals surface area contributed by atoms with Gasteiger partial charge in [-0.05, 0) is 38.0 Å². The smallest absolute Gasteiger partial charge is 0.295 e. The standard InChI is InChI=1S/C24H26N2O7/c1-15(2)33-12-6-11-25-21(16-7-5-10-19(14-16)32-3)20(23(28)24(25)29)22(27)17-8-4-9-18(13-17)26(30)31/h4-5,7-10,13-15,21,27H,6,11-12H2,1-3H3/t21-/m0/s1. The van der Waals surface area contributed by atoms with Crippen LogP contribution in [0.25, 0.3) is 5.76 Å². The van der Waals surface area contributed by atoms with Gasteiger partial charge in [-0.1, -0.05) is 24.3 Å². The molecule has 1 amide bonds. The van der Waals surface area contributed by atoms with Gasteiger partial charge in [-0.25, -0.2) is 0 Å². The molecule has 1 aliphatic heterocycles. The van der Waals surface area contributed by atoms with Crippen LogP contribution in [0.1, 0.15) is 37.4 Å². The third kappa shape index (κ3) is 5.20. The van der Waals surface area contributed by atoms with Gasteiger partial charge in [0.25, 0.3) is 17.4 Å². The van der Waals surface area contributed by atoms with E-state index in [1.165, 1.54) is 36.3 Å². The van der Waals surface area contributed by atoms with Crippen molar-refractivity contribution in [3.8, 4) is 5.75 Å². The molecule has 1 heterocycles. The minimum atomic E-state index is -0.876. The van der Waals surface area contributed by atoms with Gasteiger partial charge >= 0.3 is 0 Å². The number of benzene rings is 2. The molecule has 1 N–H and O–H groups in total. The Morgan fingerprint density at radius 3 is 2.58 bits per heavy atom. The molecule has 1 atom stereocenters. The van der Waals surface area contributed by atoms with Gasteiger partial charge in [0, 0.05) is 30.8 Å². The largest absolute Gasteiger partial charge is 0.507 e. The predicted molar refractivity (Wildman–Crippen MR) is 121 cm³/mol. The lowest BCUT2D eigenvalue weighted by Gasteiger charge is -2.25. The van der Waals surface area contributed by atoms with Crippen LogP contribution in [-0.2, 0) is 14.3 Å². The third-order valence-corrected chi connectivity index (χ3v) is 5.27. The second-order valence-electron chi connectivity index (χ2n) is 7.85. The zero-order valence-corrected chi connectivity index (χ0v) is 18.7. The monoisotopic (exact) mass is 454 g/mol. The molecule has 0 bridgehead atoms. The Bertz CT molecular complexity index is 1090. The average Bonchev–Trinajstić information content (AvgIpc) is 3.06. The Morgan fingerprint density at radius 1 is 1.18 bits per heavy atom. The van der Waals surface area contributed by atoms with E-state index >= 15 is 0 Å². The highest BCUT2D eigenvalue weighted by molar-refractivity contribution is 6.46. The van der Waals surface area contributed by atoms with Crippen LogP contribution in [-0.4, -0.2) is 53.0 Å². The maximum Gasteiger partial charge on any atom is 0.295 e. The molecule has 0 spiro atoms. The summed E-state index contributed by atoms with van der Waals surface area (Å²) in [6.07, 6.45) is 0.520. The molecule has 174 valence electrons. The van der Waals surface area contributed by atoms with Gasteiger partial charge in [-0.2, -0.15) is 0 Å². The van der Waals surface area contributed by atoms with Crippen molar-refractivity contribution in [3.05, 3.63) is 75.3 Å². The van der Waals surface area contributed by atoms with Crippen LogP contribution < -0.4 is 4.74 Å². The van der Waals surface area contributed by atoms with E-state index in [0.717, 1.165) is 0 Å². The van der Waals surface area contributed by atoms with E-state index in [1.807, 2.05) is 13.8 Å². The number of nitro groups is 1. The number of nitro benzene ring substituents is 1. The van der Waals surface area contributed by atoms with Crippen LogP contribution in [0.15, 0.2) is 54.1 Å². The average molecular weight is 454 g/mol. The first-order valence-corrected chi connectivity index (χ1v) is 10.5. The zero-order valence-electron chi connectivity index (χ0n) is 18.7. The fourth-order valence-electron chi connectivity index (χ4n) is 3.75. The number of rotatable bonds is 9. The lowest BCUT2D eigenvalue weighted by Crippen LogP contribution is -2.31. The molecule has 33 heavy (non-hydrogen) atoms. The van der Waals surface area contributed by atoms with Crippen LogP contribution in [0.4, 0.5) is 5.69 Å². The summed E-state index contributed by atoms with van der Waals surface area (Å²) in [6, 6.07) is 11.3. The van der Waals surface area contributed by atoms with Crippen LogP contribution in [0, 0.1) is 10.1 Å². The molecule has 0 radical (unpaired) electrons. The molecule has 9 heteroatoms. The number of aliphatic hydroxyl groups excluding tert-OH is 1. The van der Waals surface area contributed by atoms with Gasteiger partial charge in [0.1, 0.15) is 11.5 Å². The number of non-ortho nitro benzene ring substituents is 1. The van der Waals surface area contributed by atoms with Crippen molar-refractivity contribution in [2.24, 2.45) is 0 Å². The maximum absolute atomic E-state index is 13.0. The fraction of sp³-hybridized carbons (Fsp3) is 0.333. The molecule has 2 aromatic rings. The topological polar surface area (TPSA) is 119 Å². The number of Topliss-reactive ketones (excluding diaryl/α,β-unsaturated/α-hetero) is 1. The first kappa shape index (κ1) is 23.9. The summed E-state index contributed by atoms with van der Waals surface area (Å²) in [7, 11) is 1.50. The number of likely N-dealkylation sites (tertiary alicyclic amines) is 1. The number of hydrogen-bond acceptors (Lipinski definition) is 7. The first-order chi connectivity index (χ1) is 15.7. The highest BCUT2D eigenvalue weighted by Crippen LogP contribution is 2.40. The van der Waals surface area contributed by atoms with Crippen molar-refractivity contribution in [3.63, 3.8) is 0 Å². The molecule has 2 aromatic carbocycles. The van der Waals surface area contributed by atoms with Crippen LogP contribution in [0.5, 0.6) is 5.75 Å². The van der Waals surface area contributed by atoms with Crippen molar-refractivity contribution >= 4 is 23.1 Å². The Morgan fingerprint density at radius 2 is 1.91 bits per heavy atom. The van der Waals surface area contributed by atoms with E-state index in [-0.39, 0.29) is 29.5 Å². The van der Waals surface area contributed by atoms with Gasteiger partial charge < -0.3 is 19.5 Å². The van der Waals surface area contributed by atoms with Crippen molar-refractivity contribution in [2.45, 2.75) is 32.4 Å². The lowest BCUT2D eigenvalue weighted by atomic mass is 9.95. The molecule has 0 aromatic heterocycles. The van der Waals surface area contributed by atoms with E-state index in [1.54, 1.807) is 24.3 Å². The Balaban J connectivity index is 2.08. The van der Waals surface area contributed by atoms with Gasteiger partial charge in [-0.3, -0.25) is 19.7 Å². The molecular weight excluding hydrogens is 428 g/mol. The summed E-state index contributed by atoms with van der Waals surface area (Å²) < 4.78 is 10.8. The van der Waals surface area contributed by atoms with Gasteiger partial charge in [0.15, 0.2) is 0 Å². The summed E-state index contributed by atoms with van der Waals surface area (Å²) in [5.41, 5.74) is 0.291. The van der Waals surface area contributed by atoms with Crippen molar-refractivity contribution < 1.29 is 29.1 Å². The molecule has 0 aliphatic carbocycles. The maximum atomic E-state index is 13.0. The minimum absolute atomic E-state index is 0.0310. The van der Waals surface area contributed by atoms with Gasteiger partial charge in [-0.15, -0.1) is 0 Å². The molecule has 1 saturated heterocycles. The number of nitrogens with zero attached hydrogens (tertiary/aromatic N) is 2. The number of aliphatic hydroxyl groups is 1. The highest BCUT2D eigenvalue weighted by atomic mass is 16.6. The molecule has 0 saturated carbocycles. The van der Waals surface area contributed by atoms with Gasteiger partial charge in [0.2, 0.25) is 0 Å². The van der Waals surface area contributed by atoms with Crippen LogP contribution in [0.2, 0.25) is 0 Å². The second kappa shape index (κ2) is 10.3. The molecule has 9 nitrogen and oxygen atoms in total. The summed E-state index contributed by atoms with van der Waals surface area (Å²) in [4.78, 5) is 37.9. The molecular formula is C24H26N2O7. The number of ketones is 1. The second-order valence-corrected chi connectivity index (χ2v) is 7.85. The van der Waals surface area contributed by atoms with Crippen molar-refractivity contribution in [1.29, 1.82) is 0 Å². The van der Waals surface area contributed by atoms with E-state index in [2.05, 4.69) is 0 Å². The van der Waals surface area contributed by atoms with Crippen LogP contribution >= 0.6 is 0 Å². The highest BCUT2D eigenvalue weighted by Gasteiger charge is 2.46. The van der Waals surface area contributed by atoms with E-state index in [4.69, 9.17) is 9.47 Å². The zero-order chi connectivity index (χ0) is 24.1. The summed E-state index contributed by atoms with van der Waals surface area (Å²) >= 11 is 0. The number of methoxy groups -OCH3 is 1. The summed E-state index contributed by atoms with van der Waals surface area (Å²) in [6.45, 7) is 4.43. The van der Waals surface area contributed by atoms with E-state index in [9.17, 15) is 24.8 Å². The number of amides is 1. The normalized spacial score (nSPS) is 17.6. The molecule has 1 fully saturated rings. The Kier molecular flexibility index (Phi) is 7.44. The number of carbonyl (C=O) groups is 2. The van der Waals surface area contributed by atoms with E-state index < -0.39 is 28.4 Å². The predicted octanol–water partition coefficient (Wildman–Crippen LogP) is 3.84. The van der Waals surface area contributed by atoms with Gasteiger partial charge in [0.05, 0.1) is 29.8 Å². The molecule has 0 unspecified atom stereocenters. The third-order valence-electron chi connectivity index (χ3n) is 5.27. The summed E-state index contributed by atoms with van der Waals surface area (Å²) in [5, 5.41) is 22.2. The van der Waals surface area contributed by atoms with Crippen molar-refractivity contribution in [1.82, 2.24) is 4.90 Å². The SMILES string of the molecule is COc1cccc([C@H]2C(=C(O)c3cccc([N+](=O)[O-])c3)C(=O)C(=O)N2CCCOC(C)C)c1. The molecule has 1 aliphatic rings. The minimum Gasteiger partial charge on any atom is -0.507 e. The molecule has 3 rings (SSSR count).